The van der Waals surface area contributed by atoms with E-state index in [0.717, 1.165) is 13.0 Å². The monoisotopic (exact) mass is 346 g/mol. The van der Waals surface area contributed by atoms with Crippen molar-refractivity contribution in [2.75, 3.05) is 46.0 Å². The molecule has 3 N–H and O–H groups in total. The van der Waals surface area contributed by atoms with Crippen LogP contribution in [0.1, 0.15) is 84.0 Å². The molecular weight excluding hydrogens is 302 g/mol. The molecule has 0 fully saturated rings. The van der Waals surface area contributed by atoms with Gasteiger partial charge in [-0.15, -0.1) is 0 Å². The summed E-state index contributed by atoms with van der Waals surface area (Å²) < 4.78 is 0.654. The Labute approximate surface area is 150 Å². The predicted molar refractivity (Wildman–Crippen MR) is 102 cm³/mol. The third-order valence-electron chi connectivity index (χ3n) is 5.21. The third kappa shape index (κ3) is 13.2. The van der Waals surface area contributed by atoms with Gasteiger partial charge in [0, 0.05) is 0 Å². The van der Waals surface area contributed by atoms with Crippen LogP contribution in [0.25, 0.3) is 0 Å². The Morgan fingerprint density at radius 2 is 0.792 bits per heavy atom. The van der Waals surface area contributed by atoms with E-state index < -0.39 is 0 Å². The first-order valence-electron chi connectivity index (χ1n) is 10.4. The molecule has 24 heavy (non-hydrogen) atoms. The van der Waals surface area contributed by atoms with E-state index in [-0.39, 0.29) is 19.8 Å². The second-order valence-electron chi connectivity index (χ2n) is 7.30. The van der Waals surface area contributed by atoms with Gasteiger partial charge < -0.3 is 19.8 Å². The molecule has 0 saturated heterocycles. The van der Waals surface area contributed by atoms with Gasteiger partial charge in [0.05, 0.1) is 26.4 Å². The van der Waals surface area contributed by atoms with Gasteiger partial charge in [0.15, 0.2) is 0 Å². The van der Waals surface area contributed by atoms with Crippen LogP contribution in [0.2, 0.25) is 0 Å². The SMILES string of the molecule is CCCCCCCCCCCCCC[N+](CCO)(CCO)CCO. The molecule has 0 spiro atoms. The predicted octanol–water partition coefficient (Wildman–Crippen LogP) is 3.48. The molecule has 0 atom stereocenters. The van der Waals surface area contributed by atoms with E-state index >= 15 is 0 Å². The van der Waals surface area contributed by atoms with Gasteiger partial charge >= 0.3 is 0 Å². The van der Waals surface area contributed by atoms with Gasteiger partial charge in [0.2, 0.25) is 0 Å². The number of aliphatic hydroxyl groups is 3. The maximum Gasteiger partial charge on any atom is 0.102 e. The number of hydrogen-bond acceptors (Lipinski definition) is 3. The molecule has 0 aromatic rings. The molecule has 0 amide bonds. The molecule has 0 aliphatic rings. The smallest absolute Gasteiger partial charge is 0.102 e. The summed E-state index contributed by atoms with van der Waals surface area (Å²) >= 11 is 0. The van der Waals surface area contributed by atoms with Crippen molar-refractivity contribution in [1.82, 2.24) is 0 Å². The third-order valence-corrected chi connectivity index (χ3v) is 5.21. The van der Waals surface area contributed by atoms with E-state index in [9.17, 15) is 15.3 Å². The minimum atomic E-state index is 0.123. The topological polar surface area (TPSA) is 60.7 Å². The number of quaternary nitrogens is 1. The zero-order valence-electron chi connectivity index (χ0n) is 16.2. The molecule has 0 radical (unpaired) electrons. The molecule has 0 aromatic heterocycles. The number of hydrogen-bond donors (Lipinski definition) is 3. The average Bonchev–Trinajstić information content (AvgIpc) is 2.56. The summed E-state index contributed by atoms with van der Waals surface area (Å²) in [5, 5.41) is 27.8. The van der Waals surface area contributed by atoms with E-state index in [4.69, 9.17) is 0 Å². The first-order chi connectivity index (χ1) is 11.7. The molecule has 4 nitrogen and oxygen atoms in total. The number of rotatable bonds is 19. The molecule has 0 aliphatic heterocycles. The molecule has 0 bridgehead atoms. The molecular formula is C20H44NO3+. The van der Waals surface area contributed by atoms with Crippen molar-refractivity contribution in [2.45, 2.75) is 84.0 Å². The van der Waals surface area contributed by atoms with Crippen molar-refractivity contribution in [3.05, 3.63) is 0 Å². The fourth-order valence-corrected chi connectivity index (χ4v) is 3.60. The molecule has 0 rings (SSSR count). The van der Waals surface area contributed by atoms with Crippen LogP contribution in [0.15, 0.2) is 0 Å². The highest BCUT2D eigenvalue weighted by atomic mass is 16.3. The largest absolute Gasteiger partial charge is 0.391 e. The Morgan fingerprint density at radius 3 is 1.12 bits per heavy atom. The van der Waals surface area contributed by atoms with E-state index in [1.165, 1.54) is 70.6 Å². The van der Waals surface area contributed by atoms with Crippen LogP contribution in [-0.4, -0.2) is 65.8 Å². The Morgan fingerprint density at radius 1 is 0.458 bits per heavy atom. The van der Waals surface area contributed by atoms with Crippen molar-refractivity contribution < 1.29 is 19.8 Å². The van der Waals surface area contributed by atoms with Crippen LogP contribution in [-0.2, 0) is 0 Å². The standard InChI is InChI=1S/C20H44NO3/c1-2-3-4-5-6-7-8-9-10-11-12-13-14-21(15-18-22,16-19-23)17-20-24/h22-24H,2-20H2,1H3/q+1. The van der Waals surface area contributed by atoms with Crippen molar-refractivity contribution in [3.8, 4) is 0 Å². The molecule has 0 aromatic carbocycles. The van der Waals surface area contributed by atoms with Gasteiger partial charge in [0.25, 0.3) is 0 Å². The lowest BCUT2D eigenvalue weighted by Crippen LogP contribution is -2.53. The normalized spacial score (nSPS) is 12.0. The summed E-state index contributed by atoms with van der Waals surface area (Å²) in [6, 6.07) is 0. The number of nitrogens with zero attached hydrogens (tertiary/aromatic N) is 1. The minimum absolute atomic E-state index is 0.123. The van der Waals surface area contributed by atoms with E-state index in [2.05, 4.69) is 6.92 Å². The van der Waals surface area contributed by atoms with Crippen LogP contribution in [0.5, 0.6) is 0 Å². The minimum Gasteiger partial charge on any atom is -0.391 e. The Balaban J connectivity index is 3.60. The van der Waals surface area contributed by atoms with Gasteiger partial charge in [-0.2, -0.15) is 0 Å². The zero-order chi connectivity index (χ0) is 17.9. The van der Waals surface area contributed by atoms with Crippen molar-refractivity contribution >= 4 is 0 Å². The summed E-state index contributed by atoms with van der Waals surface area (Å²) in [6.45, 7) is 5.51. The quantitative estimate of drug-likeness (QED) is 0.248. The first kappa shape index (κ1) is 23.8. The van der Waals surface area contributed by atoms with Crippen LogP contribution >= 0.6 is 0 Å². The Kier molecular flexibility index (Phi) is 17.5. The van der Waals surface area contributed by atoms with Crippen molar-refractivity contribution in [3.63, 3.8) is 0 Å². The van der Waals surface area contributed by atoms with Gasteiger partial charge in [0.1, 0.15) is 19.6 Å². The lowest BCUT2D eigenvalue weighted by atomic mass is 10.0. The van der Waals surface area contributed by atoms with Gasteiger partial charge in [-0.1, -0.05) is 71.1 Å². The molecule has 0 heterocycles. The number of unbranched alkanes of at least 4 members (excludes halogenated alkanes) is 11. The Hall–Kier alpha value is -0.160. The fourth-order valence-electron chi connectivity index (χ4n) is 3.60. The highest BCUT2D eigenvalue weighted by Crippen LogP contribution is 2.14. The molecule has 4 heteroatoms. The summed E-state index contributed by atoms with van der Waals surface area (Å²) in [6.07, 6.45) is 16.0. The summed E-state index contributed by atoms with van der Waals surface area (Å²) in [4.78, 5) is 0. The van der Waals surface area contributed by atoms with Gasteiger partial charge in [-0.3, -0.25) is 0 Å². The molecule has 0 unspecified atom stereocenters. The van der Waals surface area contributed by atoms with Crippen molar-refractivity contribution in [1.29, 1.82) is 0 Å². The number of aliphatic hydroxyl groups excluding tert-OH is 3. The van der Waals surface area contributed by atoms with E-state index in [1.54, 1.807) is 0 Å². The second-order valence-corrected chi connectivity index (χ2v) is 7.30. The summed E-state index contributed by atoms with van der Waals surface area (Å²) in [5.74, 6) is 0. The van der Waals surface area contributed by atoms with E-state index in [1.807, 2.05) is 0 Å². The molecule has 0 saturated carbocycles. The van der Waals surface area contributed by atoms with Crippen LogP contribution < -0.4 is 0 Å². The van der Waals surface area contributed by atoms with Gasteiger partial charge in [-0.25, -0.2) is 0 Å². The highest BCUT2D eigenvalue weighted by molar-refractivity contribution is 4.50. The van der Waals surface area contributed by atoms with Crippen LogP contribution in [0, 0.1) is 0 Å². The molecule has 0 aliphatic carbocycles. The lowest BCUT2D eigenvalue weighted by molar-refractivity contribution is -0.929. The van der Waals surface area contributed by atoms with Crippen molar-refractivity contribution in [2.24, 2.45) is 0 Å². The highest BCUT2D eigenvalue weighted by Gasteiger charge is 2.25. The summed E-state index contributed by atoms with van der Waals surface area (Å²) in [5.41, 5.74) is 0. The van der Waals surface area contributed by atoms with Gasteiger partial charge in [-0.05, 0) is 12.8 Å². The van der Waals surface area contributed by atoms with Crippen LogP contribution in [0.4, 0.5) is 0 Å². The van der Waals surface area contributed by atoms with E-state index in [0.29, 0.717) is 24.1 Å². The fraction of sp³-hybridized carbons (Fsp3) is 1.00. The molecule has 146 valence electrons. The average molecular weight is 347 g/mol. The lowest BCUT2D eigenvalue weighted by Gasteiger charge is -2.37. The van der Waals surface area contributed by atoms with Crippen LogP contribution in [0.3, 0.4) is 0 Å². The first-order valence-corrected chi connectivity index (χ1v) is 10.4. The maximum atomic E-state index is 9.27. The summed E-state index contributed by atoms with van der Waals surface area (Å²) in [7, 11) is 0. The Bertz CT molecular complexity index is 232. The maximum absolute atomic E-state index is 9.27. The second kappa shape index (κ2) is 17.7. The zero-order valence-corrected chi connectivity index (χ0v) is 16.2.